The molecule has 18 heavy (non-hydrogen) atoms. The van der Waals surface area contributed by atoms with Crippen molar-refractivity contribution in [1.29, 1.82) is 0 Å². The van der Waals surface area contributed by atoms with E-state index in [0.29, 0.717) is 18.1 Å². The number of ether oxygens (including phenoxy) is 1. The van der Waals surface area contributed by atoms with Gasteiger partial charge in [0.1, 0.15) is 0 Å². The molecule has 0 bridgehead atoms. The predicted octanol–water partition coefficient (Wildman–Crippen LogP) is 1.23. The second-order valence-electron chi connectivity index (χ2n) is 4.64. The van der Waals surface area contributed by atoms with Gasteiger partial charge >= 0.3 is 0 Å². The molecule has 1 saturated heterocycles. The molecule has 3 rings (SSSR count). The van der Waals surface area contributed by atoms with Crippen molar-refractivity contribution in [1.82, 2.24) is 5.32 Å². The van der Waals surface area contributed by atoms with Crippen LogP contribution >= 0.6 is 11.3 Å². The summed E-state index contributed by atoms with van der Waals surface area (Å²) in [6.07, 6.45) is 1.96. The average Bonchev–Trinajstić information content (AvgIpc) is 3.05. The molecule has 0 unspecified atom stereocenters. The van der Waals surface area contributed by atoms with Crippen LogP contribution in [0.2, 0.25) is 0 Å². The lowest BCUT2D eigenvalue weighted by Crippen LogP contribution is -2.48. The Hall–Kier alpha value is -1.40. The smallest absolute Gasteiger partial charge is 0.261 e. The molecule has 2 N–H and O–H groups in total. The Morgan fingerprint density at radius 1 is 1.28 bits per heavy atom. The van der Waals surface area contributed by atoms with Gasteiger partial charge in [-0.15, -0.1) is 11.3 Å². The van der Waals surface area contributed by atoms with Crippen LogP contribution in [-0.4, -0.2) is 31.1 Å². The van der Waals surface area contributed by atoms with Crippen LogP contribution in [0.5, 0.6) is 0 Å². The van der Waals surface area contributed by atoms with Crippen molar-refractivity contribution in [2.75, 3.05) is 18.5 Å². The zero-order valence-electron chi connectivity index (χ0n) is 9.77. The second-order valence-corrected chi connectivity index (χ2v) is 5.72. The fourth-order valence-electron chi connectivity index (χ4n) is 1.67. The first-order chi connectivity index (χ1) is 8.72. The van der Waals surface area contributed by atoms with E-state index in [1.165, 1.54) is 11.3 Å². The molecule has 0 radical (unpaired) electrons. The van der Waals surface area contributed by atoms with Gasteiger partial charge in [-0.2, -0.15) is 0 Å². The number of thiophene rings is 1. The van der Waals surface area contributed by atoms with Gasteiger partial charge in [0.2, 0.25) is 5.91 Å². The lowest BCUT2D eigenvalue weighted by molar-refractivity contribution is -0.117. The topological polar surface area (TPSA) is 67.4 Å². The highest BCUT2D eigenvalue weighted by molar-refractivity contribution is 7.18. The molecule has 2 amide bonds. The van der Waals surface area contributed by atoms with Crippen LogP contribution in [-0.2, 0) is 9.53 Å². The molecular weight excluding hydrogens is 252 g/mol. The minimum absolute atomic E-state index is 0.0659. The number of nitrogens with one attached hydrogen (secondary N) is 2. The number of anilines is 1. The van der Waals surface area contributed by atoms with E-state index in [0.717, 1.165) is 17.8 Å². The van der Waals surface area contributed by atoms with E-state index in [4.69, 9.17) is 4.74 Å². The Morgan fingerprint density at radius 3 is 2.67 bits per heavy atom. The molecule has 0 atom stereocenters. The average molecular weight is 266 g/mol. The molecule has 2 heterocycles. The normalized spacial score (nSPS) is 19.1. The number of hydrogen-bond donors (Lipinski definition) is 2. The maximum absolute atomic E-state index is 11.8. The van der Waals surface area contributed by atoms with E-state index in [1.807, 2.05) is 0 Å². The van der Waals surface area contributed by atoms with Gasteiger partial charge in [0.15, 0.2) is 0 Å². The third-order valence-electron chi connectivity index (χ3n) is 3.00. The SMILES string of the molecule is O=C(NC1COC1)c1ccc(NC(=O)C2CC2)s1. The summed E-state index contributed by atoms with van der Waals surface area (Å²) < 4.78 is 4.99. The Kier molecular flexibility index (Phi) is 3.05. The zero-order chi connectivity index (χ0) is 12.5. The summed E-state index contributed by atoms with van der Waals surface area (Å²) in [5.41, 5.74) is 0. The van der Waals surface area contributed by atoms with Crippen LogP contribution in [0, 0.1) is 5.92 Å². The minimum Gasteiger partial charge on any atom is -0.377 e. The molecule has 6 heteroatoms. The quantitative estimate of drug-likeness (QED) is 0.861. The Balaban J connectivity index is 1.57. The number of carbonyl (C=O) groups is 2. The maximum atomic E-state index is 11.8. The summed E-state index contributed by atoms with van der Waals surface area (Å²) >= 11 is 1.31. The lowest BCUT2D eigenvalue weighted by Gasteiger charge is -2.26. The summed E-state index contributed by atoms with van der Waals surface area (Å²) in [5, 5.41) is 6.44. The standard InChI is InChI=1S/C12H14N2O3S/c15-11(7-1-2-7)14-10-4-3-9(18-10)12(16)13-8-5-17-6-8/h3-4,7-8H,1-2,5-6H2,(H,13,16)(H,14,15). The van der Waals surface area contributed by atoms with Gasteiger partial charge in [0.25, 0.3) is 5.91 Å². The van der Waals surface area contributed by atoms with E-state index in [1.54, 1.807) is 12.1 Å². The van der Waals surface area contributed by atoms with Gasteiger partial charge in [-0.3, -0.25) is 9.59 Å². The van der Waals surface area contributed by atoms with Crippen LogP contribution in [0.3, 0.4) is 0 Å². The van der Waals surface area contributed by atoms with Crippen LogP contribution in [0.25, 0.3) is 0 Å². The Bertz CT molecular complexity index is 477. The number of amides is 2. The van der Waals surface area contributed by atoms with Crippen molar-refractivity contribution >= 4 is 28.2 Å². The van der Waals surface area contributed by atoms with Crippen molar-refractivity contribution in [3.63, 3.8) is 0 Å². The van der Waals surface area contributed by atoms with Crippen LogP contribution in [0.15, 0.2) is 12.1 Å². The minimum atomic E-state index is -0.0970. The third-order valence-corrected chi connectivity index (χ3v) is 4.00. The van der Waals surface area contributed by atoms with Crippen molar-refractivity contribution in [2.24, 2.45) is 5.92 Å². The summed E-state index contributed by atoms with van der Waals surface area (Å²) in [4.78, 5) is 24.0. The second kappa shape index (κ2) is 4.70. The number of rotatable bonds is 4. The molecule has 2 fully saturated rings. The lowest BCUT2D eigenvalue weighted by atomic mass is 10.2. The predicted molar refractivity (Wildman–Crippen MR) is 67.7 cm³/mol. The van der Waals surface area contributed by atoms with Crippen molar-refractivity contribution in [3.05, 3.63) is 17.0 Å². The van der Waals surface area contributed by atoms with Crippen LogP contribution in [0.4, 0.5) is 5.00 Å². The highest BCUT2D eigenvalue weighted by Crippen LogP contribution is 2.31. The summed E-state index contributed by atoms with van der Waals surface area (Å²) in [6.45, 7) is 1.17. The number of hydrogen-bond acceptors (Lipinski definition) is 4. The fourth-order valence-corrected chi connectivity index (χ4v) is 2.48. The maximum Gasteiger partial charge on any atom is 0.261 e. The first-order valence-electron chi connectivity index (χ1n) is 6.01. The zero-order valence-corrected chi connectivity index (χ0v) is 10.6. The molecular formula is C12H14N2O3S. The van der Waals surface area contributed by atoms with Crippen molar-refractivity contribution < 1.29 is 14.3 Å². The van der Waals surface area contributed by atoms with E-state index in [9.17, 15) is 9.59 Å². The third kappa shape index (κ3) is 2.54. The van der Waals surface area contributed by atoms with Gasteiger partial charge in [-0.05, 0) is 25.0 Å². The van der Waals surface area contributed by atoms with Crippen molar-refractivity contribution in [3.8, 4) is 0 Å². The molecule has 1 aliphatic heterocycles. The first kappa shape index (κ1) is 11.7. The molecule has 96 valence electrons. The summed E-state index contributed by atoms with van der Waals surface area (Å²) in [7, 11) is 0. The Labute approximate surface area is 109 Å². The summed E-state index contributed by atoms with van der Waals surface area (Å²) in [6, 6.07) is 3.64. The summed E-state index contributed by atoms with van der Waals surface area (Å²) in [5.74, 6) is 0.146. The van der Waals surface area contributed by atoms with E-state index in [2.05, 4.69) is 10.6 Å². The number of carbonyl (C=O) groups excluding carboxylic acids is 2. The fraction of sp³-hybridized carbons (Fsp3) is 0.500. The van der Waals surface area contributed by atoms with Gasteiger partial charge in [0.05, 0.1) is 29.1 Å². The van der Waals surface area contributed by atoms with E-state index < -0.39 is 0 Å². The largest absolute Gasteiger partial charge is 0.377 e. The molecule has 2 aliphatic rings. The van der Waals surface area contributed by atoms with Gasteiger partial charge < -0.3 is 15.4 Å². The molecule has 5 nitrogen and oxygen atoms in total. The molecule has 1 aliphatic carbocycles. The highest BCUT2D eigenvalue weighted by atomic mass is 32.1. The monoisotopic (exact) mass is 266 g/mol. The molecule has 1 saturated carbocycles. The first-order valence-corrected chi connectivity index (χ1v) is 6.83. The van der Waals surface area contributed by atoms with Gasteiger partial charge in [-0.1, -0.05) is 0 Å². The molecule has 1 aromatic heterocycles. The molecule has 0 spiro atoms. The van der Waals surface area contributed by atoms with Crippen LogP contribution in [0.1, 0.15) is 22.5 Å². The van der Waals surface area contributed by atoms with E-state index >= 15 is 0 Å². The van der Waals surface area contributed by atoms with Gasteiger partial charge in [-0.25, -0.2) is 0 Å². The van der Waals surface area contributed by atoms with Gasteiger partial charge in [0, 0.05) is 5.92 Å². The van der Waals surface area contributed by atoms with Crippen LogP contribution < -0.4 is 10.6 Å². The Morgan fingerprint density at radius 2 is 2.06 bits per heavy atom. The molecule has 0 aromatic carbocycles. The molecule has 1 aromatic rings. The van der Waals surface area contributed by atoms with E-state index in [-0.39, 0.29) is 23.8 Å². The van der Waals surface area contributed by atoms with Crippen molar-refractivity contribution in [2.45, 2.75) is 18.9 Å². The highest BCUT2D eigenvalue weighted by Gasteiger charge is 2.30.